The van der Waals surface area contributed by atoms with Crippen molar-refractivity contribution in [2.24, 2.45) is 5.14 Å². The molecule has 0 unspecified atom stereocenters. The van der Waals surface area contributed by atoms with Gasteiger partial charge in [0.2, 0.25) is 10.0 Å². The highest BCUT2D eigenvalue weighted by molar-refractivity contribution is 8.11. The minimum atomic E-state index is -3.21. The standard InChI is InChI=1S/C2H7NO2S2/c1-6-2-7(3,4)5/h2H2,1H3,(H2,3,4,5). The summed E-state index contributed by atoms with van der Waals surface area (Å²) in [4.78, 5) is 0. The molecule has 0 atom stereocenters. The average molecular weight is 141 g/mol. The SMILES string of the molecule is CSCS(N)(=O)=O. The van der Waals surface area contributed by atoms with E-state index in [1.165, 1.54) is 11.8 Å². The molecule has 0 aliphatic rings. The first-order valence-corrected chi connectivity index (χ1v) is 4.66. The maximum Gasteiger partial charge on any atom is 0.218 e. The van der Waals surface area contributed by atoms with Crippen LogP contribution in [0.1, 0.15) is 0 Å². The van der Waals surface area contributed by atoms with Crippen LogP contribution in [-0.4, -0.2) is 19.8 Å². The largest absolute Gasteiger partial charge is 0.228 e. The van der Waals surface area contributed by atoms with E-state index in [1.807, 2.05) is 0 Å². The van der Waals surface area contributed by atoms with Gasteiger partial charge in [-0.25, -0.2) is 13.6 Å². The molecule has 3 nitrogen and oxygen atoms in total. The average Bonchev–Trinajstić information content (AvgIpc) is 1.30. The van der Waals surface area contributed by atoms with Crippen molar-refractivity contribution in [3.05, 3.63) is 0 Å². The highest BCUT2D eigenvalue weighted by Crippen LogP contribution is 1.92. The van der Waals surface area contributed by atoms with Crippen LogP contribution in [0.25, 0.3) is 0 Å². The second-order valence-electron chi connectivity index (χ2n) is 1.07. The van der Waals surface area contributed by atoms with Gasteiger partial charge in [-0.1, -0.05) is 0 Å². The molecule has 5 heteroatoms. The Morgan fingerprint density at radius 2 is 2.14 bits per heavy atom. The molecular formula is C2H7NO2S2. The Kier molecular flexibility index (Phi) is 2.63. The molecule has 44 valence electrons. The van der Waals surface area contributed by atoms with Crippen molar-refractivity contribution in [3.8, 4) is 0 Å². The summed E-state index contributed by atoms with van der Waals surface area (Å²) in [5, 5.41) is 4.60. The van der Waals surface area contributed by atoms with E-state index >= 15 is 0 Å². The van der Waals surface area contributed by atoms with Crippen molar-refractivity contribution in [3.63, 3.8) is 0 Å². The second kappa shape index (κ2) is 2.54. The Hall–Kier alpha value is 0.260. The lowest BCUT2D eigenvalue weighted by atomic mass is 11.9. The molecular weight excluding hydrogens is 134 g/mol. The molecule has 0 radical (unpaired) electrons. The fourth-order valence-electron chi connectivity index (χ4n) is 0.164. The quantitative estimate of drug-likeness (QED) is 0.569. The number of sulfonamides is 1. The fourth-order valence-corrected chi connectivity index (χ4v) is 1.48. The van der Waals surface area contributed by atoms with E-state index < -0.39 is 10.0 Å². The molecule has 0 saturated heterocycles. The minimum Gasteiger partial charge on any atom is -0.228 e. The van der Waals surface area contributed by atoms with Crippen molar-refractivity contribution in [2.45, 2.75) is 0 Å². The van der Waals surface area contributed by atoms with Crippen LogP contribution in [0, 0.1) is 0 Å². The number of nitrogens with two attached hydrogens (primary N) is 1. The fraction of sp³-hybridized carbons (Fsp3) is 1.00. The summed E-state index contributed by atoms with van der Waals surface area (Å²) >= 11 is 1.20. The van der Waals surface area contributed by atoms with Crippen LogP contribution in [0.5, 0.6) is 0 Å². The minimum absolute atomic E-state index is 0.00694. The first-order valence-electron chi connectivity index (χ1n) is 1.55. The van der Waals surface area contributed by atoms with Gasteiger partial charge in [-0.15, -0.1) is 11.8 Å². The summed E-state index contributed by atoms with van der Waals surface area (Å²) in [5.41, 5.74) is 0. The Morgan fingerprint density at radius 1 is 1.71 bits per heavy atom. The Labute approximate surface area is 47.3 Å². The molecule has 0 bridgehead atoms. The maximum absolute atomic E-state index is 9.99. The first-order chi connectivity index (χ1) is 3.06. The van der Waals surface area contributed by atoms with Gasteiger partial charge in [0.05, 0.1) is 0 Å². The molecule has 0 heterocycles. The van der Waals surface area contributed by atoms with Crippen LogP contribution >= 0.6 is 11.8 Å². The normalized spacial score (nSPS) is 11.7. The van der Waals surface area contributed by atoms with Crippen LogP contribution in [0.2, 0.25) is 0 Å². The van der Waals surface area contributed by atoms with Crippen molar-refractivity contribution in [1.29, 1.82) is 0 Å². The predicted molar refractivity (Wildman–Crippen MR) is 31.5 cm³/mol. The summed E-state index contributed by atoms with van der Waals surface area (Å²) in [6.07, 6.45) is 1.68. The Morgan fingerprint density at radius 3 is 2.14 bits per heavy atom. The number of primary sulfonamides is 1. The molecule has 0 aromatic carbocycles. The van der Waals surface area contributed by atoms with Gasteiger partial charge in [-0.05, 0) is 6.26 Å². The van der Waals surface area contributed by atoms with Crippen molar-refractivity contribution < 1.29 is 8.42 Å². The summed E-state index contributed by atoms with van der Waals surface area (Å²) in [7, 11) is -3.21. The molecule has 0 aromatic heterocycles. The Balaban J connectivity index is 3.60. The molecule has 0 spiro atoms. The predicted octanol–water partition coefficient (Wildman–Crippen LogP) is -0.405. The number of hydrogen-bond acceptors (Lipinski definition) is 3. The third-order valence-electron chi connectivity index (χ3n) is 0.282. The summed E-state index contributed by atoms with van der Waals surface area (Å²) in [6.45, 7) is 0. The van der Waals surface area contributed by atoms with Crippen molar-refractivity contribution in [2.75, 3.05) is 11.3 Å². The molecule has 0 saturated carbocycles. The molecule has 0 amide bonds. The van der Waals surface area contributed by atoms with Gasteiger partial charge in [0.25, 0.3) is 0 Å². The zero-order valence-electron chi connectivity index (χ0n) is 3.92. The lowest BCUT2D eigenvalue weighted by molar-refractivity contribution is 0.602. The summed E-state index contributed by atoms with van der Waals surface area (Å²) in [6, 6.07) is 0. The molecule has 0 fully saturated rings. The maximum atomic E-state index is 9.99. The van der Waals surface area contributed by atoms with Crippen LogP contribution in [0.15, 0.2) is 0 Å². The monoisotopic (exact) mass is 141 g/mol. The molecule has 2 N–H and O–H groups in total. The van der Waals surface area contributed by atoms with Gasteiger partial charge in [-0.2, -0.15) is 0 Å². The van der Waals surface area contributed by atoms with Crippen LogP contribution in [-0.2, 0) is 10.0 Å². The van der Waals surface area contributed by atoms with Gasteiger partial charge >= 0.3 is 0 Å². The smallest absolute Gasteiger partial charge is 0.218 e. The summed E-state index contributed by atoms with van der Waals surface area (Å²) in [5.74, 6) is 0. The highest BCUT2D eigenvalue weighted by atomic mass is 32.3. The van der Waals surface area contributed by atoms with Crippen LogP contribution < -0.4 is 5.14 Å². The number of hydrogen-bond donors (Lipinski definition) is 1. The third kappa shape index (κ3) is 6.26. The molecule has 0 rings (SSSR count). The van der Waals surface area contributed by atoms with Gasteiger partial charge in [0.15, 0.2) is 0 Å². The van der Waals surface area contributed by atoms with Gasteiger partial charge < -0.3 is 0 Å². The van der Waals surface area contributed by atoms with Crippen molar-refractivity contribution in [1.82, 2.24) is 0 Å². The van der Waals surface area contributed by atoms with Crippen LogP contribution in [0.4, 0.5) is 0 Å². The number of rotatable bonds is 2. The van der Waals surface area contributed by atoms with Gasteiger partial charge in [0, 0.05) is 0 Å². The molecule has 0 aromatic rings. The van der Waals surface area contributed by atoms with Gasteiger partial charge in [-0.3, -0.25) is 0 Å². The first kappa shape index (κ1) is 7.26. The van der Waals surface area contributed by atoms with E-state index in [0.29, 0.717) is 0 Å². The topological polar surface area (TPSA) is 60.2 Å². The van der Waals surface area contributed by atoms with Crippen LogP contribution in [0.3, 0.4) is 0 Å². The van der Waals surface area contributed by atoms with E-state index in [9.17, 15) is 8.42 Å². The Bertz CT molecular complexity index is 127. The number of thioether (sulfide) groups is 1. The van der Waals surface area contributed by atoms with Gasteiger partial charge in [0.1, 0.15) is 5.08 Å². The van der Waals surface area contributed by atoms with E-state index in [2.05, 4.69) is 5.14 Å². The molecule has 7 heavy (non-hydrogen) atoms. The zero-order chi connectivity index (χ0) is 5.91. The third-order valence-corrected chi connectivity index (χ3v) is 2.54. The van der Waals surface area contributed by atoms with E-state index in [0.717, 1.165) is 0 Å². The molecule has 0 aliphatic carbocycles. The van der Waals surface area contributed by atoms with E-state index in [4.69, 9.17) is 0 Å². The summed E-state index contributed by atoms with van der Waals surface area (Å²) < 4.78 is 20.0. The second-order valence-corrected chi connectivity index (χ2v) is 3.92. The van der Waals surface area contributed by atoms with E-state index in [1.54, 1.807) is 6.26 Å². The molecule has 0 aliphatic heterocycles. The lowest BCUT2D eigenvalue weighted by Gasteiger charge is -1.87. The van der Waals surface area contributed by atoms with E-state index in [-0.39, 0.29) is 5.08 Å². The highest BCUT2D eigenvalue weighted by Gasteiger charge is 1.96. The lowest BCUT2D eigenvalue weighted by Crippen LogP contribution is -2.13. The van der Waals surface area contributed by atoms with Crippen molar-refractivity contribution >= 4 is 21.8 Å². The zero-order valence-corrected chi connectivity index (χ0v) is 5.55.